The number of hydrogen-bond donors (Lipinski definition) is 1. The van der Waals surface area contributed by atoms with E-state index >= 15 is 0 Å². The van der Waals surface area contributed by atoms with E-state index < -0.39 is 0 Å². The molecule has 0 atom stereocenters. The highest BCUT2D eigenvalue weighted by Crippen LogP contribution is 2.04. The van der Waals surface area contributed by atoms with Gasteiger partial charge in [0.1, 0.15) is 0 Å². The van der Waals surface area contributed by atoms with Crippen LogP contribution in [-0.2, 0) is 4.74 Å². The van der Waals surface area contributed by atoms with Crippen molar-refractivity contribution in [3.8, 4) is 0 Å². The minimum absolute atomic E-state index is 0.257. The zero-order chi connectivity index (χ0) is 13.6. The summed E-state index contributed by atoms with van der Waals surface area (Å²) in [6.07, 6.45) is 9.28. The molecule has 1 N–H and O–H groups in total. The van der Waals surface area contributed by atoms with Crippen LogP contribution in [0, 0.1) is 5.92 Å². The van der Waals surface area contributed by atoms with Crippen molar-refractivity contribution in [3.63, 3.8) is 0 Å². The van der Waals surface area contributed by atoms with Gasteiger partial charge in [-0.15, -0.1) is 0 Å². The number of carbonyl (C=O) groups excluding carboxylic acids is 1. The Balaban J connectivity index is 3.17. The molecule has 0 spiro atoms. The van der Waals surface area contributed by atoms with Crippen molar-refractivity contribution in [3.05, 3.63) is 0 Å². The van der Waals surface area contributed by atoms with Gasteiger partial charge in [0.25, 0.3) is 0 Å². The summed E-state index contributed by atoms with van der Waals surface area (Å²) in [7, 11) is 0. The lowest BCUT2D eigenvalue weighted by atomic mass is 10.1. The molecule has 0 bridgehead atoms. The molecule has 0 aromatic rings. The van der Waals surface area contributed by atoms with Gasteiger partial charge < -0.3 is 10.1 Å². The Labute approximate surface area is 113 Å². The molecule has 3 heteroatoms. The zero-order valence-electron chi connectivity index (χ0n) is 12.5. The van der Waals surface area contributed by atoms with Crippen LogP contribution in [0.1, 0.15) is 72.1 Å². The topological polar surface area (TPSA) is 38.3 Å². The van der Waals surface area contributed by atoms with Gasteiger partial charge in [-0.25, -0.2) is 4.79 Å². The van der Waals surface area contributed by atoms with E-state index in [-0.39, 0.29) is 6.09 Å². The Hall–Kier alpha value is -0.730. The molecule has 108 valence electrons. The highest BCUT2D eigenvalue weighted by atomic mass is 16.5. The average molecular weight is 257 g/mol. The molecule has 1 amide bonds. The molecular weight excluding hydrogens is 226 g/mol. The number of alkyl carbamates (subject to hydrolysis) is 1. The maximum Gasteiger partial charge on any atom is 0.407 e. The molecule has 0 aliphatic rings. The zero-order valence-corrected chi connectivity index (χ0v) is 12.5. The minimum atomic E-state index is -0.257. The number of carbonyl (C=O) groups is 1. The molecule has 0 aliphatic heterocycles. The third-order valence-corrected chi connectivity index (χ3v) is 2.96. The first-order valence-electron chi connectivity index (χ1n) is 7.57. The summed E-state index contributed by atoms with van der Waals surface area (Å²) >= 11 is 0. The van der Waals surface area contributed by atoms with Crippen LogP contribution in [-0.4, -0.2) is 19.2 Å². The summed E-state index contributed by atoms with van der Waals surface area (Å²) in [6, 6.07) is 0. The predicted octanol–water partition coefficient (Wildman–Crippen LogP) is 4.51. The second-order valence-electron chi connectivity index (χ2n) is 5.37. The maximum absolute atomic E-state index is 11.3. The fourth-order valence-electron chi connectivity index (χ4n) is 1.80. The van der Waals surface area contributed by atoms with Crippen LogP contribution >= 0.6 is 0 Å². The Morgan fingerprint density at radius 1 is 1.06 bits per heavy atom. The van der Waals surface area contributed by atoms with Gasteiger partial charge in [-0.05, 0) is 25.2 Å². The summed E-state index contributed by atoms with van der Waals surface area (Å²) in [6.45, 7) is 7.86. The number of ether oxygens (including phenoxy) is 1. The third-order valence-electron chi connectivity index (χ3n) is 2.96. The van der Waals surface area contributed by atoms with Crippen molar-refractivity contribution in [2.75, 3.05) is 13.2 Å². The first kappa shape index (κ1) is 17.3. The summed E-state index contributed by atoms with van der Waals surface area (Å²) in [5.41, 5.74) is 0. The lowest BCUT2D eigenvalue weighted by Crippen LogP contribution is -2.25. The van der Waals surface area contributed by atoms with Gasteiger partial charge in [-0.1, -0.05) is 52.9 Å². The van der Waals surface area contributed by atoms with E-state index in [0.29, 0.717) is 12.5 Å². The van der Waals surface area contributed by atoms with E-state index in [0.717, 1.165) is 25.8 Å². The van der Waals surface area contributed by atoms with Crippen LogP contribution in [0.5, 0.6) is 0 Å². The highest BCUT2D eigenvalue weighted by molar-refractivity contribution is 5.66. The minimum Gasteiger partial charge on any atom is -0.450 e. The van der Waals surface area contributed by atoms with Crippen molar-refractivity contribution in [2.45, 2.75) is 72.1 Å². The number of hydrogen-bond acceptors (Lipinski definition) is 2. The predicted molar refractivity (Wildman–Crippen MR) is 76.8 cm³/mol. The molecule has 18 heavy (non-hydrogen) atoms. The summed E-state index contributed by atoms with van der Waals surface area (Å²) in [5, 5.41) is 2.80. The summed E-state index contributed by atoms with van der Waals surface area (Å²) in [5.74, 6) is 0.680. The van der Waals surface area contributed by atoms with Crippen molar-refractivity contribution < 1.29 is 9.53 Å². The van der Waals surface area contributed by atoms with Gasteiger partial charge in [0.2, 0.25) is 0 Å². The molecule has 3 nitrogen and oxygen atoms in total. The van der Waals surface area contributed by atoms with Gasteiger partial charge in [0.15, 0.2) is 0 Å². The lowest BCUT2D eigenvalue weighted by molar-refractivity contribution is 0.142. The van der Waals surface area contributed by atoms with Crippen molar-refractivity contribution in [2.24, 2.45) is 5.92 Å². The molecule has 0 saturated carbocycles. The average Bonchev–Trinajstić information content (AvgIpc) is 2.33. The van der Waals surface area contributed by atoms with E-state index in [2.05, 4.69) is 26.1 Å². The molecule has 0 aromatic carbocycles. The Morgan fingerprint density at radius 2 is 1.72 bits per heavy atom. The van der Waals surface area contributed by atoms with E-state index in [1.807, 2.05) is 0 Å². The monoisotopic (exact) mass is 257 g/mol. The lowest BCUT2D eigenvalue weighted by Gasteiger charge is -2.08. The Kier molecular flexibility index (Phi) is 12.2. The van der Waals surface area contributed by atoms with Crippen molar-refractivity contribution in [1.29, 1.82) is 0 Å². The van der Waals surface area contributed by atoms with Crippen LogP contribution in [0.3, 0.4) is 0 Å². The smallest absolute Gasteiger partial charge is 0.407 e. The fraction of sp³-hybridized carbons (Fsp3) is 0.933. The van der Waals surface area contributed by atoms with Gasteiger partial charge in [-0.2, -0.15) is 0 Å². The van der Waals surface area contributed by atoms with Crippen molar-refractivity contribution >= 4 is 6.09 Å². The SMILES string of the molecule is CCCCCCCCNC(=O)OCCCC(C)C. The Bertz CT molecular complexity index is 193. The molecule has 0 unspecified atom stereocenters. The van der Waals surface area contributed by atoms with Crippen LogP contribution in [0.25, 0.3) is 0 Å². The molecule has 0 fully saturated rings. The molecule has 0 aliphatic carbocycles. The standard InChI is InChI=1S/C15H31NO2/c1-4-5-6-7-8-9-12-16-15(17)18-13-10-11-14(2)3/h14H,4-13H2,1-3H3,(H,16,17). The van der Waals surface area contributed by atoms with Crippen LogP contribution in [0.2, 0.25) is 0 Å². The molecule has 0 rings (SSSR count). The van der Waals surface area contributed by atoms with E-state index in [1.54, 1.807) is 0 Å². The third kappa shape index (κ3) is 13.3. The highest BCUT2D eigenvalue weighted by Gasteiger charge is 2.01. The second-order valence-corrected chi connectivity index (χ2v) is 5.37. The normalized spacial score (nSPS) is 10.7. The number of rotatable bonds is 11. The molecule has 0 radical (unpaired) electrons. The van der Waals surface area contributed by atoms with Gasteiger partial charge in [0.05, 0.1) is 6.61 Å². The fourth-order valence-corrected chi connectivity index (χ4v) is 1.80. The van der Waals surface area contributed by atoms with Crippen LogP contribution < -0.4 is 5.32 Å². The second kappa shape index (κ2) is 12.7. The van der Waals surface area contributed by atoms with Crippen molar-refractivity contribution in [1.82, 2.24) is 5.32 Å². The van der Waals surface area contributed by atoms with E-state index in [1.165, 1.54) is 32.1 Å². The Morgan fingerprint density at radius 3 is 2.39 bits per heavy atom. The molecular formula is C15H31NO2. The van der Waals surface area contributed by atoms with Gasteiger partial charge in [0, 0.05) is 6.54 Å². The summed E-state index contributed by atoms with van der Waals surface area (Å²) < 4.78 is 5.09. The molecule has 0 heterocycles. The molecule has 0 aromatic heterocycles. The van der Waals surface area contributed by atoms with E-state index in [9.17, 15) is 4.79 Å². The van der Waals surface area contributed by atoms with Crippen LogP contribution in [0.15, 0.2) is 0 Å². The first-order chi connectivity index (χ1) is 8.66. The number of nitrogens with one attached hydrogen (secondary N) is 1. The largest absolute Gasteiger partial charge is 0.450 e. The number of amides is 1. The number of unbranched alkanes of at least 4 members (excludes halogenated alkanes) is 5. The van der Waals surface area contributed by atoms with Gasteiger partial charge in [-0.3, -0.25) is 0 Å². The first-order valence-corrected chi connectivity index (χ1v) is 7.57. The van der Waals surface area contributed by atoms with E-state index in [4.69, 9.17) is 4.74 Å². The van der Waals surface area contributed by atoms with Crippen LogP contribution in [0.4, 0.5) is 4.79 Å². The maximum atomic E-state index is 11.3. The molecule has 0 saturated heterocycles. The van der Waals surface area contributed by atoms with Gasteiger partial charge >= 0.3 is 6.09 Å². The quantitative estimate of drug-likeness (QED) is 0.553. The summed E-state index contributed by atoms with van der Waals surface area (Å²) in [4.78, 5) is 11.3.